The van der Waals surface area contributed by atoms with Gasteiger partial charge in [0.1, 0.15) is 0 Å². The van der Waals surface area contributed by atoms with Crippen LogP contribution in [0.4, 0.5) is 43.9 Å². The van der Waals surface area contributed by atoms with Gasteiger partial charge in [-0.2, -0.15) is 30.5 Å². The van der Waals surface area contributed by atoms with Crippen molar-refractivity contribution in [3.05, 3.63) is 4.13 Å². The highest BCUT2D eigenvalue weighted by molar-refractivity contribution is 8.13. The second-order valence-corrected chi connectivity index (χ2v) is 5.22. The Morgan fingerprint density at radius 3 is 0.947 bits per heavy atom. The molecule has 0 radical (unpaired) electrons. The number of halogens is 10. The molecule has 0 N–H and O–H groups in total. The summed E-state index contributed by atoms with van der Waals surface area (Å²) in [6.07, 6.45) is -13.1. The van der Waals surface area contributed by atoms with E-state index in [2.05, 4.69) is 0 Å². The van der Waals surface area contributed by atoms with Gasteiger partial charge in [0.25, 0.3) is 0 Å². The number of hydrogen-bond acceptors (Lipinski definition) is 2. The average molecular weight is 348 g/mol. The highest BCUT2D eigenvalue weighted by Crippen LogP contribution is 2.47. The van der Waals surface area contributed by atoms with E-state index in [9.17, 15) is 53.0 Å². The summed E-state index contributed by atoms with van der Waals surface area (Å²) in [7, 11) is 0. The lowest BCUT2D eigenvalue weighted by Gasteiger charge is -2.33. The van der Waals surface area contributed by atoms with Crippen molar-refractivity contribution in [2.45, 2.75) is 22.9 Å². The van der Waals surface area contributed by atoms with Gasteiger partial charge in [0.05, 0.1) is 0 Å². The second-order valence-electron chi connectivity index (χ2n) is 2.60. The Morgan fingerprint density at radius 2 is 0.789 bits per heavy atom. The molecule has 0 saturated carbocycles. The molecule has 116 valence electrons. The molecule has 0 fully saturated rings. The summed E-state index contributed by atoms with van der Waals surface area (Å²) in [6.45, 7) is 0. The van der Waals surface area contributed by atoms with Crippen LogP contribution >= 0.6 is 0 Å². The molecule has 19 heavy (non-hydrogen) atoms. The monoisotopic (exact) mass is 348 g/mol. The standard InChI is InChI=1S/C4F10NO2S2/c5-1(6,7)3(11,12)18(16)15-19(17)4(13,14)2(8,9)10/q-1. The van der Waals surface area contributed by atoms with E-state index in [4.69, 9.17) is 0 Å². The van der Waals surface area contributed by atoms with Crippen LogP contribution in [0.15, 0.2) is 0 Å². The molecule has 0 aliphatic carbocycles. The van der Waals surface area contributed by atoms with Gasteiger partial charge in [0.2, 0.25) is 0 Å². The lowest BCUT2D eigenvalue weighted by Crippen LogP contribution is -2.48. The number of alkyl halides is 10. The Hall–Kier alpha value is -0.120. The van der Waals surface area contributed by atoms with E-state index in [0.717, 1.165) is 4.13 Å². The zero-order valence-corrected chi connectivity index (χ0v) is 9.49. The van der Waals surface area contributed by atoms with Gasteiger partial charge < -0.3 is 9.11 Å². The predicted octanol–water partition coefficient (Wildman–Crippen LogP) is 3.00. The Labute approximate surface area is 103 Å². The fraction of sp³-hybridized carbons (Fsp3) is 1.00. The van der Waals surface area contributed by atoms with Gasteiger partial charge in [-0.25, -0.2) is 0 Å². The number of rotatable bonds is 4. The molecular formula is C4F10NO2S2-. The molecule has 0 aliphatic rings. The topological polar surface area (TPSA) is 60.2 Å². The zero-order chi connectivity index (χ0) is 15.9. The molecule has 15 heteroatoms. The summed E-state index contributed by atoms with van der Waals surface area (Å²) in [5.41, 5.74) is 0. The van der Waals surface area contributed by atoms with Crippen LogP contribution < -0.4 is 0 Å². The molecule has 0 aromatic rings. The molecule has 2 atom stereocenters. The molecule has 2 unspecified atom stereocenters. The van der Waals surface area contributed by atoms with Crippen LogP contribution in [0, 0.1) is 0 Å². The largest absolute Gasteiger partial charge is 0.620 e. The maximum atomic E-state index is 12.2. The van der Waals surface area contributed by atoms with E-state index in [0.29, 0.717) is 0 Å². The normalized spacial score (nSPS) is 18.3. The molecular weight excluding hydrogens is 348 g/mol. The van der Waals surface area contributed by atoms with Crippen LogP contribution in [0.25, 0.3) is 4.13 Å². The maximum Gasteiger partial charge on any atom is 0.507 e. The first kappa shape index (κ1) is 18.9. The van der Waals surface area contributed by atoms with Crippen molar-refractivity contribution in [3.63, 3.8) is 0 Å². The average Bonchev–Trinajstić information content (AvgIpc) is 2.13. The second kappa shape index (κ2) is 5.34. The Kier molecular flexibility index (Phi) is 5.31. The minimum absolute atomic E-state index is 1.16. The lowest BCUT2D eigenvalue weighted by molar-refractivity contribution is -0.241. The fourth-order valence-electron chi connectivity index (χ4n) is 0.353. The summed E-state index contributed by atoms with van der Waals surface area (Å²) in [5.74, 6) is 0. The van der Waals surface area contributed by atoms with Crippen LogP contribution in [-0.4, -0.2) is 32.0 Å². The molecule has 0 spiro atoms. The van der Waals surface area contributed by atoms with Crippen LogP contribution in [0.5, 0.6) is 0 Å². The zero-order valence-electron chi connectivity index (χ0n) is 7.86. The van der Waals surface area contributed by atoms with Gasteiger partial charge in [-0.3, -0.25) is 0 Å². The summed E-state index contributed by atoms with van der Waals surface area (Å²) >= 11 is -9.85. The van der Waals surface area contributed by atoms with E-state index in [-0.39, 0.29) is 0 Å². The van der Waals surface area contributed by atoms with Crippen molar-refractivity contribution < 1.29 is 53.0 Å². The molecule has 0 rings (SSSR count). The van der Waals surface area contributed by atoms with Crippen LogP contribution in [-0.2, 0) is 22.7 Å². The quantitative estimate of drug-likeness (QED) is 0.579. The SMILES string of the molecule is [O-][S+]([N-][S+]([O-])C(F)(F)C(F)(F)F)C(F)(F)C(F)(F)F. The Balaban J connectivity index is 4.99. The van der Waals surface area contributed by atoms with Crippen molar-refractivity contribution in [1.29, 1.82) is 0 Å². The highest BCUT2D eigenvalue weighted by atomic mass is 32.3. The third kappa shape index (κ3) is 3.93. The minimum Gasteiger partial charge on any atom is -0.620 e. The summed E-state index contributed by atoms with van der Waals surface area (Å²) in [5, 5.41) is -12.4. The van der Waals surface area contributed by atoms with E-state index >= 15 is 0 Å². The van der Waals surface area contributed by atoms with E-state index in [1.807, 2.05) is 0 Å². The molecule has 0 aromatic heterocycles. The van der Waals surface area contributed by atoms with Crippen LogP contribution in [0.3, 0.4) is 0 Å². The van der Waals surface area contributed by atoms with Crippen molar-refractivity contribution in [2.75, 3.05) is 0 Å². The molecule has 3 nitrogen and oxygen atoms in total. The van der Waals surface area contributed by atoms with Gasteiger partial charge in [-0.15, -0.1) is 17.6 Å². The minimum atomic E-state index is -6.53. The predicted molar refractivity (Wildman–Crippen MR) is 41.6 cm³/mol. The summed E-state index contributed by atoms with van der Waals surface area (Å²) < 4.78 is 140. The molecule has 0 saturated heterocycles. The van der Waals surface area contributed by atoms with Gasteiger partial charge in [0.15, 0.2) is 0 Å². The lowest BCUT2D eigenvalue weighted by atomic mass is 10.7. The molecule has 0 amide bonds. The number of hydrogen-bond donors (Lipinski definition) is 0. The number of nitrogens with zero attached hydrogens (tertiary/aromatic N) is 1. The fourth-order valence-corrected chi connectivity index (χ4v) is 1.99. The molecule has 0 bridgehead atoms. The van der Waals surface area contributed by atoms with Gasteiger partial charge in [-0.05, 0) is 22.7 Å². The first-order valence-corrected chi connectivity index (χ1v) is 5.71. The van der Waals surface area contributed by atoms with Gasteiger partial charge in [-0.1, -0.05) is 0 Å². The highest BCUT2D eigenvalue weighted by Gasteiger charge is 2.69. The third-order valence-electron chi connectivity index (χ3n) is 1.23. The third-order valence-corrected chi connectivity index (χ3v) is 3.66. The van der Waals surface area contributed by atoms with Crippen molar-refractivity contribution >= 4 is 22.7 Å². The van der Waals surface area contributed by atoms with Crippen molar-refractivity contribution in [3.8, 4) is 0 Å². The van der Waals surface area contributed by atoms with Crippen LogP contribution in [0.1, 0.15) is 0 Å². The van der Waals surface area contributed by atoms with E-state index in [1.165, 1.54) is 0 Å². The Bertz CT molecular complexity index is 286. The van der Waals surface area contributed by atoms with Crippen molar-refractivity contribution in [2.24, 2.45) is 0 Å². The first-order valence-electron chi connectivity index (χ1n) is 3.50. The molecule has 0 heterocycles. The summed E-state index contributed by atoms with van der Waals surface area (Å²) in [6, 6.07) is 0. The summed E-state index contributed by atoms with van der Waals surface area (Å²) in [4.78, 5) is 0. The molecule has 0 aromatic carbocycles. The van der Waals surface area contributed by atoms with Crippen LogP contribution in [0.2, 0.25) is 0 Å². The van der Waals surface area contributed by atoms with Crippen molar-refractivity contribution in [1.82, 2.24) is 0 Å². The van der Waals surface area contributed by atoms with E-state index in [1.54, 1.807) is 0 Å². The maximum absolute atomic E-state index is 12.2. The van der Waals surface area contributed by atoms with E-state index < -0.39 is 45.6 Å². The smallest absolute Gasteiger partial charge is 0.507 e. The first-order chi connectivity index (χ1) is 8.05. The molecule has 0 aliphatic heterocycles. The van der Waals surface area contributed by atoms with Gasteiger partial charge in [0, 0.05) is 0 Å². The Morgan fingerprint density at radius 1 is 0.579 bits per heavy atom. The van der Waals surface area contributed by atoms with Gasteiger partial charge >= 0.3 is 22.9 Å².